The number of hydrogen-bond acceptors (Lipinski definition) is 8. The molecule has 0 saturated carbocycles. The van der Waals surface area contributed by atoms with Crippen molar-refractivity contribution in [3.05, 3.63) is 12.0 Å². The molecule has 10 nitrogen and oxygen atoms in total. The van der Waals surface area contributed by atoms with Gasteiger partial charge >= 0.3 is 6.72 Å². The molecule has 1 aromatic heterocycles. The first-order valence-corrected chi connectivity index (χ1v) is 9.22. The van der Waals surface area contributed by atoms with E-state index in [1.807, 2.05) is 0 Å². The first-order chi connectivity index (χ1) is 10.9. The van der Waals surface area contributed by atoms with Crippen molar-refractivity contribution in [2.24, 2.45) is 4.99 Å². The zero-order valence-electron chi connectivity index (χ0n) is 12.0. The van der Waals surface area contributed by atoms with Gasteiger partial charge in [0.1, 0.15) is 18.3 Å². The van der Waals surface area contributed by atoms with Crippen LogP contribution < -0.4 is 5.32 Å². The van der Waals surface area contributed by atoms with Crippen molar-refractivity contribution in [2.45, 2.75) is 24.5 Å². The van der Waals surface area contributed by atoms with Crippen molar-refractivity contribution in [1.29, 1.82) is 0 Å². The van der Waals surface area contributed by atoms with E-state index in [9.17, 15) is 14.8 Å². The number of amides is 1. The van der Waals surface area contributed by atoms with Crippen molar-refractivity contribution in [3.63, 3.8) is 0 Å². The quantitative estimate of drug-likeness (QED) is 0.483. The summed E-state index contributed by atoms with van der Waals surface area (Å²) in [5.74, 6) is -0.294. The predicted octanol–water partition coefficient (Wildman–Crippen LogP) is -0.535. The van der Waals surface area contributed by atoms with Crippen LogP contribution in [-0.2, 0) is 25.6 Å². The third kappa shape index (κ3) is 2.85. The fourth-order valence-corrected chi connectivity index (χ4v) is 3.99. The lowest BCUT2D eigenvalue weighted by molar-refractivity contribution is -0.0599. The summed E-state index contributed by atoms with van der Waals surface area (Å²) >= 11 is 4.79. The highest BCUT2D eigenvalue weighted by Crippen LogP contribution is 2.53. The second-order valence-electron chi connectivity index (χ2n) is 4.95. The Morgan fingerprint density at radius 2 is 2.43 bits per heavy atom. The largest absolute Gasteiger partial charge is 0.386 e. The maximum Gasteiger partial charge on any atom is 0.325 e. The fraction of sp³-hybridized carbons (Fsp3) is 0.545. The van der Waals surface area contributed by atoms with Gasteiger partial charge in [-0.05, 0) is 18.5 Å². The van der Waals surface area contributed by atoms with Gasteiger partial charge in [-0.15, -0.1) is 0 Å². The van der Waals surface area contributed by atoms with E-state index in [1.165, 1.54) is 17.9 Å². The summed E-state index contributed by atoms with van der Waals surface area (Å²) in [7, 11) is 1.46. The summed E-state index contributed by atoms with van der Waals surface area (Å²) in [4.78, 5) is 29.3. The van der Waals surface area contributed by atoms with Crippen LogP contribution in [0.1, 0.15) is 16.7 Å². The van der Waals surface area contributed by atoms with Crippen LogP contribution in [0.15, 0.2) is 11.3 Å². The minimum absolute atomic E-state index is 0.000143. The molecule has 12 heteroatoms. The van der Waals surface area contributed by atoms with Gasteiger partial charge in [0.15, 0.2) is 17.7 Å². The van der Waals surface area contributed by atoms with Gasteiger partial charge in [-0.25, -0.2) is 9.98 Å². The molecule has 0 aliphatic carbocycles. The minimum atomic E-state index is -3.38. The molecule has 1 amide bonds. The fourth-order valence-electron chi connectivity index (χ4n) is 2.54. The molecule has 2 aliphatic heterocycles. The molecule has 2 aliphatic rings. The van der Waals surface area contributed by atoms with E-state index in [1.54, 1.807) is 0 Å². The van der Waals surface area contributed by atoms with Crippen LogP contribution in [0.2, 0.25) is 0 Å². The molecule has 3 heterocycles. The van der Waals surface area contributed by atoms with Gasteiger partial charge in [-0.2, -0.15) is 0 Å². The molecule has 2 fully saturated rings. The van der Waals surface area contributed by atoms with E-state index in [0.717, 1.165) is 0 Å². The van der Waals surface area contributed by atoms with Crippen LogP contribution in [0.5, 0.6) is 0 Å². The molecular weight excluding hydrogens is 347 g/mol. The SMILES string of the molecule is C=Nc1c(C(=O)NC)ncn1[C@@H]1O[C@@H]2COP(O)(=S)O[C@H]2[C@H]1O. The first-order valence-electron chi connectivity index (χ1n) is 6.63. The molecule has 0 aromatic carbocycles. The lowest BCUT2D eigenvalue weighted by Gasteiger charge is -2.30. The number of nitrogens with zero attached hydrogens (tertiary/aromatic N) is 3. The van der Waals surface area contributed by atoms with Gasteiger partial charge in [0.05, 0.1) is 12.9 Å². The smallest absolute Gasteiger partial charge is 0.325 e. The molecule has 3 N–H and O–H groups in total. The monoisotopic (exact) mass is 362 g/mol. The molecule has 1 unspecified atom stereocenters. The molecule has 2 saturated heterocycles. The number of aliphatic hydroxyl groups is 1. The summed E-state index contributed by atoms with van der Waals surface area (Å²) < 4.78 is 17.3. The second-order valence-corrected chi connectivity index (χ2v) is 7.74. The average Bonchev–Trinajstić information content (AvgIpc) is 3.07. The van der Waals surface area contributed by atoms with E-state index >= 15 is 0 Å². The third-order valence-corrected chi connectivity index (χ3v) is 5.16. The Labute approximate surface area is 136 Å². The van der Waals surface area contributed by atoms with Crippen LogP contribution in [0.3, 0.4) is 0 Å². The van der Waals surface area contributed by atoms with Crippen LogP contribution in [-0.4, -0.2) is 64.1 Å². The summed E-state index contributed by atoms with van der Waals surface area (Å²) in [5.41, 5.74) is 0.0533. The Bertz CT molecular complexity index is 696. The number of aromatic nitrogens is 2. The number of carbonyl (C=O) groups is 1. The van der Waals surface area contributed by atoms with Crippen LogP contribution in [0.25, 0.3) is 0 Å². The topological polar surface area (TPSA) is 127 Å². The van der Waals surface area contributed by atoms with E-state index in [4.69, 9.17) is 25.6 Å². The Morgan fingerprint density at radius 1 is 1.70 bits per heavy atom. The zero-order valence-corrected chi connectivity index (χ0v) is 13.7. The molecule has 0 spiro atoms. The lowest BCUT2D eigenvalue weighted by atomic mass is 10.1. The van der Waals surface area contributed by atoms with E-state index in [0.29, 0.717) is 0 Å². The summed E-state index contributed by atoms with van der Waals surface area (Å²) in [6.45, 7) is 0.0385. The Hall–Kier alpha value is -1.20. The summed E-state index contributed by atoms with van der Waals surface area (Å²) in [6.07, 6.45) is -2.20. The van der Waals surface area contributed by atoms with Gasteiger partial charge in [-0.1, -0.05) is 0 Å². The minimum Gasteiger partial charge on any atom is -0.386 e. The number of imidazole rings is 1. The van der Waals surface area contributed by atoms with Crippen molar-refractivity contribution in [1.82, 2.24) is 14.9 Å². The van der Waals surface area contributed by atoms with E-state index in [2.05, 4.69) is 22.0 Å². The number of rotatable bonds is 3. The van der Waals surface area contributed by atoms with Gasteiger partial charge in [0.25, 0.3) is 5.91 Å². The maximum absolute atomic E-state index is 11.8. The molecule has 0 bridgehead atoms. The van der Waals surface area contributed by atoms with Crippen molar-refractivity contribution < 1.29 is 28.6 Å². The normalized spacial score (nSPS) is 36.5. The van der Waals surface area contributed by atoms with Crippen molar-refractivity contribution in [2.75, 3.05) is 13.7 Å². The first kappa shape index (κ1) is 16.7. The number of carbonyl (C=O) groups excluding carboxylic acids is 1. The summed E-state index contributed by atoms with van der Waals surface area (Å²) in [6, 6.07) is 0. The van der Waals surface area contributed by atoms with Crippen LogP contribution in [0.4, 0.5) is 5.82 Å². The van der Waals surface area contributed by atoms with E-state index < -0.39 is 37.2 Å². The van der Waals surface area contributed by atoms with Crippen molar-refractivity contribution >= 4 is 37.0 Å². The van der Waals surface area contributed by atoms with Gasteiger partial charge < -0.3 is 24.6 Å². The molecule has 23 heavy (non-hydrogen) atoms. The molecule has 3 rings (SSSR count). The molecule has 0 radical (unpaired) electrons. The third-order valence-electron chi connectivity index (χ3n) is 3.60. The molecule has 126 valence electrons. The Kier molecular flexibility index (Phi) is 4.36. The number of hydrogen-bond donors (Lipinski definition) is 3. The maximum atomic E-state index is 11.8. The number of aliphatic imine (C=N–C) groups is 1. The van der Waals surface area contributed by atoms with Crippen molar-refractivity contribution in [3.8, 4) is 0 Å². The van der Waals surface area contributed by atoms with Gasteiger partial charge in [0.2, 0.25) is 0 Å². The lowest BCUT2D eigenvalue weighted by Crippen LogP contribution is -2.39. The molecule has 1 aromatic rings. The second kappa shape index (κ2) is 6.02. The summed E-state index contributed by atoms with van der Waals surface area (Å²) in [5, 5.41) is 12.9. The van der Waals surface area contributed by atoms with E-state index in [-0.39, 0.29) is 18.1 Å². The van der Waals surface area contributed by atoms with Crippen LogP contribution in [0, 0.1) is 0 Å². The Balaban J connectivity index is 1.91. The number of ether oxygens (including phenoxy) is 1. The average molecular weight is 362 g/mol. The number of aliphatic hydroxyl groups excluding tert-OH is 1. The van der Waals surface area contributed by atoms with Crippen LogP contribution >= 0.6 is 6.72 Å². The molecule has 5 atom stereocenters. The highest BCUT2D eigenvalue weighted by molar-refractivity contribution is 8.07. The zero-order chi connectivity index (χ0) is 16.8. The molecular formula is C11H15N4O6PS. The highest BCUT2D eigenvalue weighted by atomic mass is 32.5. The number of nitrogens with one attached hydrogen (secondary N) is 1. The Morgan fingerprint density at radius 3 is 3.09 bits per heavy atom. The van der Waals surface area contributed by atoms with Gasteiger partial charge in [0, 0.05) is 7.05 Å². The van der Waals surface area contributed by atoms with Gasteiger partial charge in [-0.3, -0.25) is 13.9 Å². The highest BCUT2D eigenvalue weighted by Gasteiger charge is 2.51. The standard InChI is InChI=1S/C11H15N4O6PS/c1-12-9-6(10(17)13-2)14-4-15(9)11-7(16)8-5(20-11)3-19-22(18,23)21-8/h4-5,7-8,11,16H,1,3H2,2H3,(H,13,17)(H,18,23)/t5-,7-,8-,11-,22?/m1/s1. The number of fused-ring (bicyclic) bond motifs is 1. The predicted molar refractivity (Wildman–Crippen MR) is 82.1 cm³/mol.